The highest BCUT2D eigenvalue weighted by molar-refractivity contribution is 9.10. The number of benzene rings is 3. The molecule has 0 saturated carbocycles. The number of aromatic nitrogens is 1. The molecule has 1 heterocycles. The summed E-state index contributed by atoms with van der Waals surface area (Å²) in [4.78, 5) is 12.7. The molecular formula is C28H25BrN2O. The van der Waals surface area contributed by atoms with E-state index in [9.17, 15) is 4.79 Å². The van der Waals surface area contributed by atoms with Crippen molar-refractivity contribution < 1.29 is 4.79 Å². The summed E-state index contributed by atoms with van der Waals surface area (Å²) < 4.78 is 3.39. The first-order valence-corrected chi connectivity index (χ1v) is 11.9. The summed E-state index contributed by atoms with van der Waals surface area (Å²) in [5.41, 5.74) is 8.15. The van der Waals surface area contributed by atoms with Crippen molar-refractivity contribution in [3.8, 4) is 16.9 Å². The molecule has 32 heavy (non-hydrogen) atoms. The molecule has 4 heteroatoms. The lowest BCUT2D eigenvalue weighted by Crippen LogP contribution is -2.22. The Bertz CT molecular complexity index is 1240. The molecule has 4 aromatic rings. The number of carbonyl (C=O) groups excluding carboxylic acids is 1. The molecule has 5 rings (SSSR count). The Morgan fingerprint density at radius 1 is 0.875 bits per heavy atom. The van der Waals surface area contributed by atoms with Crippen LogP contribution in [0.15, 0.2) is 89.4 Å². The van der Waals surface area contributed by atoms with Gasteiger partial charge in [0, 0.05) is 28.0 Å². The number of aryl methyl sites for hydroxylation is 1. The lowest BCUT2D eigenvalue weighted by molar-refractivity contribution is 0.0951. The second-order valence-electron chi connectivity index (χ2n) is 8.27. The quantitative estimate of drug-likeness (QED) is 0.335. The van der Waals surface area contributed by atoms with Crippen LogP contribution in [-0.2, 0) is 19.4 Å². The zero-order chi connectivity index (χ0) is 21.9. The van der Waals surface area contributed by atoms with Gasteiger partial charge in [0.05, 0.1) is 5.69 Å². The van der Waals surface area contributed by atoms with Crippen molar-refractivity contribution in [2.75, 3.05) is 0 Å². The molecule has 1 aliphatic carbocycles. The zero-order valence-electron chi connectivity index (χ0n) is 17.9. The van der Waals surface area contributed by atoms with Crippen molar-refractivity contribution in [1.82, 2.24) is 9.88 Å². The summed E-state index contributed by atoms with van der Waals surface area (Å²) in [5, 5.41) is 3.02. The molecule has 0 saturated heterocycles. The van der Waals surface area contributed by atoms with Crippen molar-refractivity contribution in [2.45, 2.75) is 32.2 Å². The van der Waals surface area contributed by atoms with Crippen LogP contribution in [0.3, 0.4) is 0 Å². The third-order valence-electron chi connectivity index (χ3n) is 6.10. The van der Waals surface area contributed by atoms with Crippen LogP contribution in [0.2, 0.25) is 0 Å². The Morgan fingerprint density at radius 2 is 1.66 bits per heavy atom. The molecule has 3 aromatic carbocycles. The predicted molar refractivity (Wildman–Crippen MR) is 133 cm³/mol. The number of halogens is 1. The molecule has 1 amide bonds. The van der Waals surface area contributed by atoms with E-state index < -0.39 is 0 Å². The second kappa shape index (κ2) is 9.17. The van der Waals surface area contributed by atoms with Crippen molar-refractivity contribution >= 4 is 21.8 Å². The van der Waals surface area contributed by atoms with Crippen LogP contribution >= 0.6 is 15.9 Å². The van der Waals surface area contributed by atoms with Crippen LogP contribution < -0.4 is 5.32 Å². The van der Waals surface area contributed by atoms with Crippen molar-refractivity contribution in [3.63, 3.8) is 0 Å². The Labute approximate surface area is 197 Å². The number of fused-ring (bicyclic) bond motifs is 1. The predicted octanol–water partition coefficient (Wildman–Crippen LogP) is 6.72. The molecule has 0 aliphatic heterocycles. The largest absolute Gasteiger partial charge is 0.348 e. The van der Waals surface area contributed by atoms with Crippen molar-refractivity contribution in [3.05, 3.63) is 112 Å². The lowest BCUT2D eigenvalue weighted by Gasteiger charge is -2.18. The van der Waals surface area contributed by atoms with E-state index in [4.69, 9.17) is 0 Å². The second-order valence-corrected chi connectivity index (χ2v) is 9.19. The molecule has 1 aliphatic rings. The lowest BCUT2D eigenvalue weighted by atomic mass is 9.98. The zero-order valence-corrected chi connectivity index (χ0v) is 19.4. The van der Waals surface area contributed by atoms with Crippen molar-refractivity contribution in [2.24, 2.45) is 0 Å². The van der Waals surface area contributed by atoms with E-state index in [2.05, 4.69) is 74.3 Å². The number of hydrogen-bond acceptors (Lipinski definition) is 1. The molecule has 0 radical (unpaired) electrons. The highest BCUT2D eigenvalue weighted by Crippen LogP contribution is 2.33. The first kappa shape index (κ1) is 20.8. The monoisotopic (exact) mass is 484 g/mol. The first-order valence-electron chi connectivity index (χ1n) is 11.1. The smallest absolute Gasteiger partial charge is 0.251 e. The highest BCUT2D eigenvalue weighted by Gasteiger charge is 2.20. The standard InChI is InChI=1S/C28H25BrN2O/c29-24-11-6-7-20(17-24)19-30-28(32)22-13-15-25(16-14-22)31-26-12-5-4-10-23(26)18-27(31)21-8-2-1-3-9-21/h1-3,6-9,11,13-18H,4-5,10,12,19H2,(H,30,32). The summed E-state index contributed by atoms with van der Waals surface area (Å²) in [6.45, 7) is 0.503. The van der Waals surface area contributed by atoms with Gasteiger partial charge in [-0.05, 0) is 84.8 Å². The maximum atomic E-state index is 12.7. The van der Waals surface area contributed by atoms with Gasteiger partial charge in [0.1, 0.15) is 0 Å². The van der Waals surface area contributed by atoms with Gasteiger partial charge in [-0.15, -0.1) is 0 Å². The Morgan fingerprint density at radius 3 is 2.44 bits per heavy atom. The van der Waals surface area contributed by atoms with Gasteiger partial charge >= 0.3 is 0 Å². The minimum absolute atomic E-state index is 0.0608. The minimum Gasteiger partial charge on any atom is -0.348 e. The molecular weight excluding hydrogens is 460 g/mol. The Kier molecular flexibility index (Phi) is 5.95. The fourth-order valence-corrected chi connectivity index (χ4v) is 4.95. The van der Waals surface area contributed by atoms with Crippen molar-refractivity contribution in [1.29, 1.82) is 0 Å². The summed E-state index contributed by atoms with van der Waals surface area (Å²) in [6.07, 6.45) is 4.71. The first-order chi connectivity index (χ1) is 15.7. The van der Waals surface area contributed by atoms with E-state index in [0.717, 1.165) is 28.6 Å². The average molecular weight is 485 g/mol. The van der Waals surface area contributed by atoms with Crippen LogP contribution in [0.1, 0.15) is 40.0 Å². The van der Waals surface area contributed by atoms with Gasteiger partial charge in [0.15, 0.2) is 0 Å². The van der Waals surface area contributed by atoms with E-state index in [1.54, 1.807) is 0 Å². The normalized spacial score (nSPS) is 12.9. The van der Waals surface area contributed by atoms with E-state index in [0.29, 0.717) is 12.1 Å². The Hall–Kier alpha value is -3.11. The number of hydrogen-bond donors (Lipinski definition) is 1. The summed E-state index contributed by atoms with van der Waals surface area (Å²) in [6, 6.07) is 28.9. The number of rotatable bonds is 5. The van der Waals surface area contributed by atoms with Gasteiger partial charge in [-0.3, -0.25) is 4.79 Å². The van der Waals surface area contributed by atoms with E-state index in [1.807, 2.05) is 36.4 Å². The van der Waals surface area contributed by atoms with Gasteiger partial charge in [0.25, 0.3) is 5.91 Å². The molecule has 1 aromatic heterocycles. The number of amides is 1. The molecule has 160 valence electrons. The van der Waals surface area contributed by atoms with E-state index in [-0.39, 0.29) is 5.91 Å². The van der Waals surface area contributed by atoms with Gasteiger partial charge in [0.2, 0.25) is 0 Å². The molecule has 3 nitrogen and oxygen atoms in total. The minimum atomic E-state index is -0.0608. The van der Waals surface area contributed by atoms with Gasteiger partial charge in [-0.2, -0.15) is 0 Å². The fraction of sp³-hybridized carbons (Fsp3) is 0.179. The SMILES string of the molecule is O=C(NCc1cccc(Br)c1)c1ccc(-n2c(-c3ccccc3)cc3c2CCCC3)cc1. The number of nitrogens with one attached hydrogen (secondary N) is 1. The Balaban J connectivity index is 1.41. The van der Waals surface area contributed by atoms with Gasteiger partial charge < -0.3 is 9.88 Å². The topological polar surface area (TPSA) is 34.0 Å². The molecule has 0 bridgehead atoms. The van der Waals surface area contributed by atoms with Gasteiger partial charge in [-0.1, -0.05) is 58.4 Å². The highest BCUT2D eigenvalue weighted by atomic mass is 79.9. The summed E-state index contributed by atoms with van der Waals surface area (Å²) in [7, 11) is 0. The summed E-state index contributed by atoms with van der Waals surface area (Å²) >= 11 is 3.47. The van der Waals surface area contributed by atoms with E-state index >= 15 is 0 Å². The third kappa shape index (κ3) is 4.28. The van der Waals surface area contributed by atoms with Gasteiger partial charge in [-0.25, -0.2) is 0 Å². The number of nitrogens with zero attached hydrogens (tertiary/aromatic N) is 1. The van der Waals surface area contributed by atoms with Crippen LogP contribution in [-0.4, -0.2) is 10.5 Å². The maximum absolute atomic E-state index is 12.7. The van der Waals surface area contributed by atoms with Crippen LogP contribution in [0.5, 0.6) is 0 Å². The molecule has 1 N–H and O–H groups in total. The molecule has 0 fully saturated rings. The number of carbonyl (C=O) groups is 1. The molecule has 0 spiro atoms. The summed E-state index contributed by atoms with van der Waals surface area (Å²) in [5.74, 6) is -0.0608. The van der Waals surface area contributed by atoms with Crippen LogP contribution in [0, 0.1) is 0 Å². The van der Waals surface area contributed by atoms with E-state index in [1.165, 1.54) is 35.4 Å². The molecule has 0 unspecified atom stereocenters. The van der Waals surface area contributed by atoms with Crippen LogP contribution in [0.25, 0.3) is 16.9 Å². The van der Waals surface area contributed by atoms with Crippen LogP contribution in [0.4, 0.5) is 0 Å². The fourth-order valence-electron chi connectivity index (χ4n) is 4.51. The average Bonchev–Trinajstić information content (AvgIpc) is 3.23. The third-order valence-corrected chi connectivity index (χ3v) is 6.59. The molecule has 0 atom stereocenters. The maximum Gasteiger partial charge on any atom is 0.251 e.